The SMILES string of the molecule is COc1ccc(Br)c(C(=O)N2CCC(Oc3ccnc(C)n3)CC2)c1. The molecule has 0 spiro atoms. The molecule has 0 aliphatic carbocycles. The summed E-state index contributed by atoms with van der Waals surface area (Å²) >= 11 is 3.45. The van der Waals surface area contributed by atoms with E-state index in [0.29, 0.717) is 36.1 Å². The summed E-state index contributed by atoms with van der Waals surface area (Å²) in [6, 6.07) is 7.18. The van der Waals surface area contributed by atoms with Crippen LogP contribution in [0, 0.1) is 6.92 Å². The highest BCUT2D eigenvalue weighted by Gasteiger charge is 2.26. The second-order valence-electron chi connectivity index (χ2n) is 5.90. The highest BCUT2D eigenvalue weighted by Crippen LogP contribution is 2.25. The molecule has 0 N–H and O–H groups in total. The molecule has 1 aliphatic rings. The van der Waals surface area contributed by atoms with Gasteiger partial charge in [0.1, 0.15) is 17.7 Å². The maximum absolute atomic E-state index is 12.8. The lowest BCUT2D eigenvalue weighted by molar-refractivity contribution is 0.0586. The zero-order valence-corrected chi connectivity index (χ0v) is 15.8. The Kier molecular flexibility index (Phi) is 5.53. The first-order valence-corrected chi connectivity index (χ1v) is 8.95. The summed E-state index contributed by atoms with van der Waals surface area (Å²) in [5.41, 5.74) is 0.616. The average molecular weight is 406 g/mol. The zero-order valence-electron chi connectivity index (χ0n) is 14.2. The van der Waals surface area contributed by atoms with E-state index in [9.17, 15) is 4.79 Å². The molecule has 132 valence electrons. The Bertz CT molecular complexity index is 761. The molecule has 1 aromatic carbocycles. The zero-order chi connectivity index (χ0) is 17.8. The molecule has 6 nitrogen and oxygen atoms in total. The van der Waals surface area contributed by atoms with Crippen LogP contribution in [0.2, 0.25) is 0 Å². The standard InChI is InChI=1S/C18H20BrN3O3/c1-12-20-8-5-17(21-12)25-13-6-9-22(10-7-13)18(23)15-11-14(24-2)3-4-16(15)19/h3-5,8,11,13H,6-7,9-10H2,1-2H3. The van der Waals surface area contributed by atoms with Gasteiger partial charge in [-0.15, -0.1) is 0 Å². The van der Waals surface area contributed by atoms with Crippen molar-refractivity contribution in [1.82, 2.24) is 14.9 Å². The number of likely N-dealkylation sites (tertiary alicyclic amines) is 1. The minimum atomic E-state index is 0.00195. The first-order chi connectivity index (χ1) is 12.1. The summed E-state index contributed by atoms with van der Waals surface area (Å²) in [5.74, 6) is 1.95. The lowest BCUT2D eigenvalue weighted by Crippen LogP contribution is -2.42. The summed E-state index contributed by atoms with van der Waals surface area (Å²) in [6.07, 6.45) is 3.30. The predicted octanol–water partition coefficient (Wildman–Crippen LogP) is 3.24. The number of hydrogen-bond acceptors (Lipinski definition) is 5. The number of ether oxygens (including phenoxy) is 2. The quantitative estimate of drug-likeness (QED) is 0.780. The summed E-state index contributed by atoms with van der Waals surface area (Å²) in [5, 5.41) is 0. The minimum Gasteiger partial charge on any atom is -0.497 e. The van der Waals surface area contributed by atoms with Crippen molar-refractivity contribution >= 4 is 21.8 Å². The molecule has 0 unspecified atom stereocenters. The van der Waals surface area contributed by atoms with Crippen LogP contribution in [-0.2, 0) is 0 Å². The third-order valence-electron chi connectivity index (χ3n) is 4.17. The van der Waals surface area contributed by atoms with Gasteiger partial charge in [-0.05, 0) is 41.1 Å². The summed E-state index contributed by atoms with van der Waals surface area (Å²) in [6.45, 7) is 3.13. The van der Waals surface area contributed by atoms with Crippen molar-refractivity contribution in [1.29, 1.82) is 0 Å². The van der Waals surface area contributed by atoms with Crippen molar-refractivity contribution in [3.05, 3.63) is 46.3 Å². The van der Waals surface area contributed by atoms with Crippen LogP contribution in [0.3, 0.4) is 0 Å². The maximum Gasteiger partial charge on any atom is 0.255 e. The second kappa shape index (κ2) is 7.82. The molecule has 2 heterocycles. The third kappa shape index (κ3) is 4.28. The molecular formula is C18H20BrN3O3. The Balaban J connectivity index is 1.61. The first-order valence-electron chi connectivity index (χ1n) is 8.16. The lowest BCUT2D eigenvalue weighted by atomic mass is 10.1. The fourth-order valence-corrected chi connectivity index (χ4v) is 3.23. The molecule has 1 saturated heterocycles. The van der Waals surface area contributed by atoms with Crippen LogP contribution in [-0.4, -0.2) is 47.1 Å². The molecule has 0 atom stereocenters. The van der Waals surface area contributed by atoms with Gasteiger partial charge in [0.2, 0.25) is 5.88 Å². The predicted molar refractivity (Wildman–Crippen MR) is 97.0 cm³/mol. The molecule has 0 radical (unpaired) electrons. The van der Waals surface area contributed by atoms with Gasteiger partial charge in [-0.2, -0.15) is 4.98 Å². The fourth-order valence-electron chi connectivity index (χ4n) is 2.81. The summed E-state index contributed by atoms with van der Waals surface area (Å²) in [4.78, 5) is 23.0. The Labute approximate surface area is 155 Å². The average Bonchev–Trinajstić information content (AvgIpc) is 2.62. The normalized spacial score (nSPS) is 15.1. The van der Waals surface area contributed by atoms with Crippen molar-refractivity contribution in [2.75, 3.05) is 20.2 Å². The van der Waals surface area contributed by atoms with Crippen molar-refractivity contribution in [2.24, 2.45) is 0 Å². The number of amides is 1. The summed E-state index contributed by atoms with van der Waals surface area (Å²) in [7, 11) is 1.59. The number of piperidine rings is 1. The van der Waals surface area contributed by atoms with Crippen molar-refractivity contribution < 1.29 is 14.3 Å². The number of carbonyl (C=O) groups excluding carboxylic acids is 1. The molecule has 1 fully saturated rings. The Morgan fingerprint density at radius 3 is 2.72 bits per heavy atom. The molecule has 7 heteroatoms. The van der Waals surface area contributed by atoms with E-state index >= 15 is 0 Å². The number of nitrogens with zero attached hydrogens (tertiary/aromatic N) is 3. The van der Waals surface area contributed by atoms with Crippen LogP contribution in [0.15, 0.2) is 34.9 Å². The van der Waals surface area contributed by atoms with E-state index in [-0.39, 0.29) is 12.0 Å². The molecule has 25 heavy (non-hydrogen) atoms. The van der Waals surface area contributed by atoms with Gasteiger partial charge >= 0.3 is 0 Å². The van der Waals surface area contributed by atoms with E-state index in [0.717, 1.165) is 17.3 Å². The van der Waals surface area contributed by atoms with Crippen molar-refractivity contribution in [3.63, 3.8) is 0 Å². The minimum absolute atomic E-state index is 0.00195. The van der Waals surface area contributed by atoms with Gasteiger partial charge in [0.15, 0.2) is 0 Å². The van der Waals surface area contributed by atoms with Crippen LogP contribution in [0.5, 0.6) is 11.6 Å². The largest absolute Gasteiger partial charge is 0.497 e. The molecule has 0 bridgehead atoms. The number of benzene rings is 1. The van der Waals surface area contributed by atoms with Gasteiger partial charge in [0, 0.05) is 42.7 Å². The van der Waals surface area contributed by atoms with Gasteiger partial charge in [0.05, 0.1) is 12.7 Å². The smallest absolute Gasteiger partial charge is 0.255 e. The Hall–Kier alpha value is -2.15. The highest BCUT2D eigenvalue weighted by molar-refractivity contribution is 9.10. The van der Waals surface area contributed by atoms with Crippen LogP contribution < -0.4 is 9.47 Å². The molecule has 3 rings (SSSR count). The second-order valence-corrected chi connectivity index (χ2v) is 6.75. The van der Waals surface area contributed by atoms with Gasteiger partial charge < -0.3 is 14.4 Å². The van der Waals surface area contributed by atoms with E-state index in [1.807, 2.05) is 24.0 Å². The highest BCUT2D eigenvalue weighted by atomic mass is 79.9. The van der Waals surface area contributed by atoms with Gasteiger partial charge in [-0.1, -0.05) is 0 Å². The topological polar surface area (TPSA) is 64.5 Å². The third-order valence-corrected chi connectivity index (χ3v) is 4.86. The first kappa shape index (κ1) is 17.7. The van der Waals surface area contributed by atoms with E-state index in [1.165, 1.54) is 0 Å². The molecular weight excluding hydrogens is 386 g/mol. The summed E-state index contributed by atoms with van der Waals surface area (Å²) < 4.78 is 11.9. The van der Waals surface area contributed by atoms with Crippen LogP contribution >= 0.6 is 15.9 Å². The van der Waals surface area contributed by atoms with Crippen LogP contribution in [0.1, 0.15) is 29.0 Å². The number of aromatic nitrogens is 2. The maximum atomic E-state index is 12.8. The molecule has 0 saturated carbocycles. The van der Waals surface area contributed by atoms with Crippen molar-refractivity contribution in [2.45, 2.75) is 25.9 Å². The number of hydrogen-bond donors (Lipinski definition) is 0. The van der Waals surface area contributed by atoms with Crippen LogP contribution in [0.25, 0.3) is 0 Å². The number of methoxy groups -OCH3 is 1. The number of carbonyl (C=O) groups is 1. The van der Waals surface area contributed by atoms with E-state index in [1.54, 1.807) is 25.4 Å². The Morgan fingerprint density at radius 1 is 1.28 bits per heavy atom. The van der Waals surface area contributed by atoms with E-state index in [4.69, 9.17) is 9.47 Å². The number of halogens is 1. The van der Waals surface area contributed by atoms with E-state index < -0.39 is 0 Å². The fraction of sp³-hybridized carbons (Fsp3) is 0.389. The lowest BCUT2D eigenvalue weighted by Gasteiger charge is -2.32. The molecule has 1 amide bonds. The van der Waals surface area contributed by atoms with Crippen molar-refractivity contribution in [3.8, 4) is 11.6 Å². The molecule has 1 aliphatic heterocycles. The number of aryl methyl sites for hydroxylation is 1. The number of rotatable bonds is 4. The van der Waals surface area contributed by atoms with E-state index in [2.05, 4.69) is 25.9 Å². The van der Waals surface area contributed by atoms with Gasteiger partial charge in [0.25, 0.3) is 5.91 Å². The molecule has 1 aromatic heterocycles. The Morgan fingerprint density at radius 2 is 2.04 bits per heavy atom. The molecule has 2 aromatic rings. The van der Waals surface area contributed by atoms with Gasteiger partial charge in [-0.3, -0.25) is 4.79 Å². The van der Waals surface area contributed by atoms with Crippen LogP contribution in [0.4, 0.5) is 0 Å². The van der Waals surface area contributed by atoms with Gasteiger partial charge in [-0.25, -0.2) is 4.98 Å². The monoisotopic (exact) mass is 405 g/mol.